The maximum absolute atomic E-state index is 12.7. The average Bonchev–Trinajstić information content (AvgIpc) is 2.69. The van der Waals surface area contributed by atoms with Crippen LogP contribution >= 0.6 is 11.6 Å². The molecule has 1 aliphatic heterocycles. The lowest BCUT2D eigenvalue weighted by atomic mass is 9.99. The molecule has 1 aromatic carbocycles. The van der Waals surface area contributed by atoms with Crippen LogP contribution in [0.1, 0.15) is 18.4 Å². The molecule has 3 aromatic rings. The average molecular weight is 416 g/mol. The molecule has 3 heterocycles. The summed E-state index contributed by atoms with van der Waals surface area (Å²) in [7, 11) is -3.91. The summed E-state index contributed by atoms with van der Waals surface area (Å²) < 4.78 is 33.6. The first-order chi connectivity index (χ1) is 13.5. The number of nitrogens with one attached hydrogen (secondary N) is 1. The number of hydrogen-bond donors (Lipinski definition) is 1. The molecule has 0 spiro atoms. The molecule has 0 saturated heterocycles. The van der Waals surface area contributed by atoms with E-state index in [2.05, 4.69) is 14.7 Å². The van der Waals surface area contributed by atoms with Gasteiger partial charge in [-0.25, -0.2) is 4.98 Å². The maximum Gasteiger partial charge on any atom is 0.280 e. The van der Waals surface area contributed by atoms with Crippen LogP contribution in [0.25, 0.3) is 11.3 Å². The highest BCUT2D eigenvalue weighted by Gasteiger charge is 2.19. The fraction of sp³-hybridized carbons (Fsp3) is 0.200. The standard InChI is InChI=1S/C20H18ClN3O3S/c21-16-11-12-17-22-20(16)15-8-2-1-6-14(15)7-3-4-13-27-18-9-5-10-19(23-18)28(25,26)24-17/h1-2,5-6,8-12H,3-4,7,13H2,(H,22,24). The van der Waals surface area contributed by atoms with Crippen LogP contribution in [0.2, 0.25) is 5.02 Å². The van der Waals surface area contributed by atoms with Gasteiger partial charge in [0.15, 0.2) is 5.03 Å². The molecule has 0 saturated carbocycles. The topological polar surface area (TPSA) is 81.2 Å². The number of hydrogen-bond acceptors (Lipinski definition) is 5. The second kappa shape index (κ2) is 7.77. The van der Waals surface area contributed by atoms with Crippen LogP contribution in [-0.2, 0) is 16.4 Å². The van der Waals surface area contributed by atoms with E-state index in [0.717, 1.165) is 30.4 Å². The maximum atomic E-state index is 12.7. The molecule has 0 fully saturated rings. The van der Waals surface area contributed by atoms with E-state index < -0.39 is 10.0 Å². The second-order valence-electron chi connectivity index (χ2n) is 6.41. The number of aryl methyl sites for hydroxylation is 1. The number of nitrogens with zero attached hydrogens (tertiary/aromatic N) is 2. The number of halogens is 1. The fourth-order valence-electron chi connectivity index (χ4n) is 3.07. The van der Waals surface area contributed by atoms with Gasteiger partial charge in [0.05, 0.1) is 17.3 Å². The van der Waals surface area contributed by atoms with Crippen molar-refractivity contribution in [1.29, 1.82) is 0 Å². The van der Waals surface area contributed by atoms with Gasteiger partial charge in [-0.05, 0) is 43.0 Å². The molecular formula is C20H18ClN3O3S. The zero-order valence-corrected chi connectivity index (χ0v) is 16.5. The summed E-state index contributed by atoms with van der Waals surface area (Å²) in [6.07, 6.45) is 2.55. The number of pyridine rings is 2. The van der Waals surface area contributed by atoms with Crippen molar-refractivity contribution >= 4 is 27.4 Å². The molecule has 4 rings (SSSR count). The van der Waals surface area contributed by atoms with E-state index >= 15 is 0 Å². The van der Waals surface area contributed by atoms with Gasteiger partial charge in [-0.1, -0.05) is 41.9 Å². The highest BCUT2D eigenvalue weighted by atomic mass is 35.5. The van der Waals surface area contributed by atoms with E-state index in [4.69, 9.17) is 16.3 Å². The molecule has 6 nitrogen and oxygen atoms in total. The third kappa shape index (κ3) is 3.95. The Bertz CT molecular complexity index is 1120. The van der Waals surface area contributed by atoms with Crippen LogP contribution in [0.5, 0.6) is 5.88 Å². The van der Waals surface area contributed by atoms with Gasteiger partial charge >= 0.3 is 0 Å². The quantitative estimate of drug-likeness (QED) is 0.591. The van der Waals surface area contributed by atoms with E-state index in [1.807, 2.05) is 24.3 Å². The van der Waals surface area contributed by atoms with Gasteiger partial charge in [0.25, 0.3) is 10.0 Å². The Morgan fingerprint density at radius 2 is 1.82 bits per heavy atom. The Hall–Kier alpha value is -2.64. The first-order valence-corrected chi connectivity index (χ1v) is 10.8. The molecular weight excluding hydrogens is 398 g/mol. The van der Waals surface area contributed by atoms with E-state index in [0.29, 0.717) is 17.3 Å². The molecule has 0 amide bonds. The van der Waals surface area contributed by atoms with Crippen molar-refractivity contribution in [2.45, 2.75) is 24.3 Å². The summed E-state index contributed by atoms with van der Waals surface area (Å²) >= 11 is 6.39. The largest absolute Gasteiger partial charge is 0.478 e. The first kappa shape index (κ1) is 18.7. The lowest BCUT2D eigenvalue weighted by molar-refractivity contribution is 0.293. The molecule has 28 heavy (non-hydrogen) atoms. The predicted molar refractivity (Wildman–Crippen MR) is 108 cm³/mol. The van der Waals surface area contributed by atoms with Gasteiger partial charge in [0.1, 0.15) is 5.82 Å². The van der Waals surface area contributed by atoms with E-state index in [-0.39, 0.29) is 16.7 Å². The molecule has 4 bridgehead atoms. The van der Waals surface area contributed by atoms with Crippen molar-refractivity contribution < 1.29 is 13.2 Å². The fourth-order valence-corrected chi connectivity index (χ4v) is 4.24. The number of benzene rings is 1. The highest BCUT2D eigenvalue weighted by Crippen LogP contribution is 2.31. The zero-order valence-electron chi connectivity index (χ0n) is 14.9. The van der Waals surface area contributed by atoms with Crippen LogP contribution < -0.4 is 9.46 Å². The molecule has 0 unspecified atom stereocenters. The van der Waals surface area contributed by atoms with Gasteiger partial charge < -0.3 is 4.74 Å². The van der Waals surface area contributed by atoms with E-state index in [1.165, 1.54) is 12.1 Å². The third-order valence-electron chi connectivity index (χ3n) is 4.42. The van der Waals surface area contributed by atoms with Crippen molar-refractivity contribution in [2.24, 2.45) is 0 Å². The Labute approximate surface area is 168 Å². The van der Waals surface area contributed by atoms with E-state index in [1.54, 1.807) is 18.2 Å². The van der Waals surface area contributed by atoms with Crippen LogP contribution in [0, 0.1) is 0 Å². The lowest BCUT2D eigenvalue weighted by Gasteiger charge is -2.12. The van der Waals surface area contributed by atoms with Gasteiger partial charge in [0, 0.05) is 11.6 Å². The minimum Gasteiger partial charge on any atom is -0.478 e. The molecule has 1 aliphatic rings. The number of rotatable bonds is 0. The number of anilines is 1. The normalized spacial score (nSPS) is 15.9. The van der Waals surface area contributed by atoms with Crippen molar-refractivity contribution in [3.63, 3.8) is 0 Å². The SMILES string of the molecule is O=S1(=O)Nc2ccc(Cl)c(n2)-c2ccccc2CCCCOc2cccc1n2. The van der Waals surface area contributed by atoms with E-state index in [9.17, 15) is 8.42 Å². The third-order valence-corrected chi connectivity index (χ3v) is 5.98. The number of sulfonamides is 1. The molecule has 1 N–H and O–H groups in total. The highest BCUT2D eigenvalue weighted by molar-refractivity contribution is 7.92. The lowest BCUT2D eigenvalue weighted by Crippen LogP contribution is -2.16. The van der Waals surface area contributed by atoms with Crippen molar-refractivity contribution in [1.82, 2.24) is 9.97 Å². The number of aromatic nitrogens is 2. The van der Waals surface area contributed by atoms with Gasteiger partial charge in [-0.15, -0.1) is 0 Å². The van der Waals surface area contributed by atoms with Crippen LogP contribution in [-0.4, -0.2) is 25.0 Å². The number of fused-ring (bicyclic) bond motifs is 6. The summed E-state index contributed by atoms with van der Waals surface area (Å²) in [5.41, 5.74) is 2.54. The Morgan fingerprint density at radius 3 is 2.71 bits per heavy atom. The Morgan fingerprint density at radius 1 is 0.964 bits per heavy atom. The molecule has 2 aromatic heterocycles. The van der Waals surface area contributed by atoms with Gasteiger partial charge in [-0.3, -0.25) is 4.72 Å². The molecule has 0 atom stereocenters. The Balaban J connectivity index is 1.83. The molecule has 0 radical (unpaired) electrons. The van der Waals surface area contributed by atoms with Crippen molar-refractivity contribution in [3.05, 3.63) is 65.2 Å². The predicted octanol–water partition coefficient (Wildman–Crippen LogP) is 4.31. The zero-order chi connectivity index (χ0) is 19.6. The molecule has 8 heteroatoms. The monoisotopic (exact) mass is 415 g/mol. The summed E-state index contributed by atoms with van der Waals surface area (Å²) in [5.74, 6) is 0.458. The first-order valence-electron chi connectivity index (χ1n) is 8.90. The summed E-state index contributed by atoms with van der Waals surface area (Å²) in [4.78, 5) is 8.59. The minimum absolute atomic E-state index is 0.126. The molecule has 0 aliphatic carbocycles. The molecule has 144 valence electrons. The summed E-state index contributed by atoms with van der Waals surface area (Å²) in [6, 6.07) is 15.7. The Kier molecular flexibility index (Phi) is 5.19. The van der Waals surface area contributed by atoms with Crippen molar-refractivity contribution in [2.75, 3.05) is 11.3 Å². The summed E-state index contributed by atoms with van der Waals surface area (Å²) in [6.45, 7) is 0.457. The summed E-state index contributed by atoms with van der Waals surface area (Å²) in [5, 5.41) is 0.335. The van der Waals surface area contributed by atoms with Gasteiger partial charge in [0.2, 0.25) is 5.88 Å². The second-order valence-corrected chi connectivity index (χ2v) is 8.45. The van der Waals surface area contributed by atoms with Crippen LogP contribution in [0.3, 0.4) is 0 Å². The van der Waals surface area contributed by atoms with Gasteiger partial charge in [-0.2, -0.15) is 13.4 Å². The van der Waals surface area contributed by atoms with Crippen LogP contribution in [0.15, 0.2) is 59.6 Å². The number of ether oxygens (including phenoxy) is 1. The minimum atomic E-state index is -3.91. The smallest absolute Gasteiger partial charge is 0.280 e. The van der Waals surface area contributed by atoms with Crippen molar-refractivity contribution in [3.8, 4) is 17.1 Å². The van der Waals surface area contributed by atoms with Crippen LogP contribution in [0.4, 0.5) is 5.82 Å².